The summed E-state index contributed by atoms with van der Waals surface area (Å²) in [6, 6.07) is 0. The number of rotatable bonds is 4. The third-order valence-electron chi connectivity index (χ3n) is 4.05. The van der Waals surface area contributed by atoms with E-state index in [2.05, 4.69) is 0 Å². The first-order valence-electron chi connectivity index (χ1n) is 7.12. The highest BCUT2D eigenvalue weighted by Gasteiger charge is 2.42. The summed E-state index contributed by atoms with van der Waals surface area (Å²) in [5.74, 6) is -0.884. The molecule has 0 aromatic heterocycles. The van der Waals surface area contributed by atoms with Gasteiger partial charge < -0.3 is 4.74 Å². The number of sulfonamides is 1. The lowest BCUT2D eigenvalue weighted by Gasteiger charge is -2.31. The van der Waals surface area contributed by atoms with Gasteiger partial charge in [-0.2, -0.15) is 0 Å². The van der Waals surface area contributed by atoms with Gasteiger partial charge in [0.1, 0.15) is 0 Å². The Morgan fingerprint density at radius 3 is 2.33 bits per heavy atom. The number of hydrogen-bond donors (Lipinski definition) is 0. The van der Waals surface area contributed by atoms with Crippen LogP contribution in [0.5, 0.6) is 0 Å². The second-order valence-corrected chi connectivity index (χ2v) is 9.94. The van der Waals surface area contributed by atoms with Crippen molar-refractivity contribution < 1.29 is 26.4 Å². The molecule has 2 aliphatic heterocycles. The number of nitrogens with zero attached hydrogens (tertiary/aromatic N) is 1. The van der Waals surface area contributed by atoms with E-state index in [1.807, 2.05) is 0 Å². The van der Waals surface area contributed by atoms with Crippen molar-refractivity contribution in [2.24, 2.45) is 5.92 Å². The SMILES string of the molecule is CCOC(=O)C1CCN(S(=O)(=O)C2CCS(=O)(=O)C2)CC1. The van der Waals surface area contributed by atoms with Crippen LogP contribution in [0, 0.1) is 5.92 Å². The minimum Gasteiger partial charge on any atom is -0.466 e. The maximum atomic E-state index is 12.4. The Kier molecular flexibility index (Phi) is 4.94. The van der Waals surface area contributed by atoms with Crippen LogP contribution in [0.3, 0.4) is 0 Å². The second kappa shape index (κ2) is 6.21. The van der Waals surface area contributed by atoms with Gasteiger partial charge in [0.05, 0.1) is 29.3 Å². The maximum Gasteiger partial charge on any atom is 0.309 e. The molecule has 0 aliphatic carbocycles. The fourth-order valence-corrected chi connectivity index (χ4v) is 7.37. The Morgan fingerprint density at radius 2 is 1.86 bits per heavy atom. The summed E-state index contributed by atoms with van der Waals surface area (Å²) in [5.41, 5.74) is 0. The lowest BCUT2D eigenvalue weighted by molar-refractivity contribution is -0.149. The average molecular weight is 339 g/mol. The van der Waals surface area contributed by atoms with E-state index in [0.717, 1.165) is 0 Å². The fraction of sp³-hybridized carbons (Fsp3) is 0.917. The van der Waals surface area contributed by atoms with Crippen molar-refractivity contribution in [3.8, 4) is 0 Å². The van der Waals surface area contributed by atoms with Crippen molar-refractivity contribution in [1.82, 2.24) is 4.31 Å². The standard InChI is InChI=1S/C12H21NO6S2/c1-2-19-12(14)10-3-6-13(7-4-10)21(17,18)11-5-8-20(15,16)9-11/h10-11H,2-9H2,1H3. The van der Waals surface area contributed by atoms with Gasteiger partial charge in [0.2, 0.25) is 10.0 Å². The van der Waals surface area contributed by atoms with Crippen molar-refractivity contribution >= 4 is 25.8 Å². The summed E-state index contributed by atoms with van der Waals surface area (Å²) in [6.07, 6.45) is 1.03. The van der Waals surface area contributed by atoms with E-state index >= 15 is 0 Å². The molecule has 21 heavy (non-hydrogen) atoms. The molecule has 0 saturated carbocycles. The van der Waals surface area contributed by atoms with Gasteiger partial charge in [0, 0.05) is 13.1 Å². The van der Waals surface area contributed by atoms with E-state index in [4.69, 9.17) is 4.74 Å². The fourth-order valence-electron chi connectivity index (χ4n) is 2.81. The van der Waals surface area contributed by atoms with Gasteiger partial charge in [-0.25, -0.2) is 21.1 Å². The molecule has 0 bridgehead atoms. The second-order valence-electron chi connectivity index (χ2n) is 5.50. The van der Waals surface area contributed by atoms with Crippen LogP contribution in [0.1, 0.15) is 26.2 Å². The Morgan fingerprint density at radius 1 is 1.24 bits per heavy atom. The van der Waals surface area contributed by atoms with Crippen molar-refractivity contribution in [3.05, 3.63) is 0 Å². The molecule has 2 saturated heterocycles. The topological polar surface area (TPSA) is 97.8 Å². The van der Waals surface area contributed by atoms with Gasteiger partial charge >= 0.3 is 5.97 Å². The number of carbonyl (C=O) groups is 1. The van der Waals surface area contributed by atoms with Crippen molar-refractivity contribution in [3.63, 3.8) is 0 Å². The molecule has 0 radical (unpaired) electrons. The van der Waals surface area contributed by atoms with E-state index in [1.54, 1.807) is 6.92 Å². The molecular weight excluding hydrogens is 318 g/mol. The Balaban J connectivity index is 1.97. The van der Waals surface area contributed by atoms with Crippen LogP contribution in [0.15, 0.2) is 0 Å². The number of esters is 1. The first-order valence-corrected chi connectivity index (χ1v) is 10.4. The smallest absolute Gasteiger partial charge is 0.309 e. The largest absolute Gasteiger partial charge is 0.466 e. The predicted octanol–water partition coefficient (Wildman–Crippen LogP) is -0.222. The summed E-state index contributed by atoms with van der Waals surface area (Å²) >= 11 is 0. The van der Waals surface area contributed by atoms with E-state index in [0.29, 0.717) is 19.4 Å². The molecule has 0 aromatic rings. The normalized spacial score (nSPS) is 27.6. The molecule has 2 aliphatic rings. The zero-order valence-corrected chi connectivity index (χ0v) is 13.7. The lowest BCUT2D eigenvalue weighted by Crippen LogP contribution is -2.45. The number of carbonyl (C=O) groups excluding carboxylic acids is 1. The molecule has 0 N–H and O–H groups in total. The third-order valence-corrected chi connectivity index (χ3v) is 8.35. The molecule has 0 amide bonds. The first-order chi connectivity index (χ1) is 9.76. The Bertz CT molecular complexity index is 589. The van der Waals surface area contributed by atoms with Gasteiger partial charge in [0.25, 0.3) is 0 Å². The van der Waals surface area contributed by atoms with Crippen LogP contribution in [-0.2, 0) is 29.4 Å². The minimum atomic E-state index is -3.59. The van der Waals surface area contributed by atoms with Gasteiger partial charge in [-0.15, -0.1) is 0 Å². The molecule has 1 unspecified atom stereocenters. The highest BCUT2D eigenvalue weighted by molar-refractivity contribution is 7.95. The summed E-state index contributed by atoms with van der Waals surface area (Å²) in [6.45, 7) is 2.56. The predicted molar refractivity (Wildman–Crippen MR) is 76.9 cm³/mol. The van der Waals surface area contributed by atoms with Gasteiger partial charge in [0.15, 0.2) is 9.84 Å². The highest BCUT2D eigenvalue weighted by atomic mass is 32.2. The van der Waals surface area contributed by atoms with E-state index in [1.165, 1.54) is 4.31 Å². The summed E-state index contributed by atoms with van der Waals surface area (Å²) in [5, 5.41) is -0.832. The van der Waals surface area contributed by atoms with Crippen LogP contribution in [0.25, 0.3) is 0 Å². The van der Waals surface area contributed by atoms with Gasteiger partial charge in [-0.05, 0) is 26.2 Å². The molecule has 2 heterocycles. The van der Waals surface area contributed by atoms with E-state index in [9.17, 15) is 21.6 Å². The summed E-state index contributed by atoms with van der Waals surface area (Å²) < 4.78 is 54.0. The average Bonchev–Trinajstić information content (AvgIpc) is 2.80. The number of sulfone groups is 1. The molecular formula is C12H21NO6S2. The number of ether oxygens (including phenoxy) is 1. The Labute approximate surface area is 125 Å². The van der Waals surface area contributed by atoms with Crippen LogP contribution in [0.2, 0.25) is 0 Å². The Hall–Kier alpha value is -0.670. The number of piperidine rings is 1. The summed E-state index contributed by atoms with van der Waals surface area (Å²) in [7, 11) is -6.82. The van der Waals surface area contributed by atoms with Crippen LogP contribution in [-0.4, -0.2) is 63.6 Å². The third kappa shape index (κ3) is 3.75. The maximum absolute atomic E-state index is 12.4. The molecule has 7 nitrogen and oxygen atoms in total. The zero-order chi connectivity index (χ0) is 15.7. The van der Waals surface area contributed by atoms with Crippen molar-refractivity contribution in [1.29, 1.82) is 0 Å². The quantitative estimate of drug-likeness (QED) is 0.657. The van der Waals surface area contributed by atoms with Crippen molar-refractivity contribution in [2.75, 3.05) is 31.2 Å². The van der Waals surface area contributed by atoms with Crippen LogP contribution < -0.4 is 0 Å². The first kappa shape index (κ1) is 16.7. The van der Waals surface area contributed by atoms with Crippen LogP contribution in [0.4, 0.5) is 0 Å². The molecule has 0 aromatic carbocycles. The van der Waals surface area contributed by atoms with E-state index in [-0.39, 0.29) is 42.9 Å². The molecule has 122 valence electrons. The summed E-state index contributed by atoms with van der Waals surface area (Å²) in [4.78, 5) is 11.6. The van der Waals surface area contributed by atoms with E-state index < -0.39 is 25.1 Å². The lowest BCUT2D eigenvalue weighted by atomic mass is 9.98. The molecule has 1 atom stereocenters. The molecule has 9 heteroatoms. The zero-order valence-electron chi connectivity index (χ0n) is 12.0. The monoisotopic (exact) mass is 339 g/mol. The number of hydrogen-bond acceptors (Lipinski definition) is 6. The van der Waals surface area contributed by atoms with Gasteiger partial charge in [-0.1, -0.05) is 0 Å². The molecule has 2 fully saturated rings. The molecule has 2 rings (SSSR count). The minimum absolute atomic E-state index is 0.0593. The molecule has 0 spiro atoms. The van der Waals surface area contributed by atoms with Crippen LogP contribution >= 0.6 is 0 Å². The highest BCUT2D eigenvalue weighted by Crippen LogP contribution is 2.27. The van der Waals surface area contributed by atoms with Gasteiger partial charge in [-0.3, -0.25) is 4.79 Å². The van der Waals surface area contributed by atoms with Crippen molar-refractivity contribution in [2.45, 2.75) is 31.4 Å².